The number of amides is 2. The Balaban J connectivity index is 1.44. The molecule has 2 aliphatic heterocycles. The minimum absolute atomic E-state index is 0.0283. The first-order valence-electron chi connectivity index (χ1n) is 8.12. The average Bonchev–Trinajstić information content (AvgIpc) is 2.65. The molecule has 1 saturated carbocycles. The van der Waals surface area contributed by atoms with Crippen molar-refractivity contribution in [2.75, 3.05) is 45.9 Å². The van der Waals surface area contributed by atoms with Crippen LogP contribution in [0.5, 0.6) is 0 Å². The van der Waals surface area contributed by atoms with Crippen molar-refractivity contribution in [2.24, 2.45) is 5.92 Å². The maximum atomic E-state index is 12.3. The smallest absolute Gasteiger partial charge is 0.246 e. The number of carbonyl (C=O) groups excluding carboxylic acids is 2. The van der Waals surface area contributed by atoms with E-state index < -0.39 is 0 Å². The lowest BCUT2D eigenvalue weighted by Crippen LogP contribution is -2.48. The molecule has 1 unspecified atom stereocenters. The zero-order valence-electron chi connectivity index (χ0n) is 12.6. The SMILES string of the molecule is O=C1COC(CN2CCCN(C(=O)C3CCC3)CC2)CN1. The lowest BCUT2D eigenvalue weighted by molar-refractivity contribution is -0.138. The van der Waals surface area contributed by atoms with E-state index in [9.17, 15) is 9.59 Å². The van der Waals surface area contributed by atoms with E-state index in [0.29, 0.717) is 18.4 Å². The molecule has 0 radical (unpaired) electrons. The van der Waals surface area contributed by atoms with Gasteiger partial charge in [0, 0.05) is 38.6 Å². The molecule has 0 aromatic carbocycles. The fourth-order valence-corrected chi connectivity index (χ4v) is 3.22. The average molecular weight is 295 g/mol. The second-order valence-corrected chi connectivity index (χ2v) is 6.34. The Labute approximate surface area is 125 Å². The number of morpholine rings is 1. The summed E-state index contributed by atoms with van der Waals surface area (Å²) in [4.78, 5) is 27.8. The van der Waals surface area contributed by atoms with E-state index in [1.807, 2.05) is 4.90 Å². The molecule has 0 bridgehead atoms. The summed E-state index contributed by atoms with van der Waals surface area (Å²) in [7, 11) is 0. The van der Waals surface area contributed by atoms with Gasteiger partial charge < -0.3 is 15.0 Å². The molecule has 2 heterocycles. The Morgan fingerprint density at radius 3 is 2.71 bits per heavy atom. The number of ether oxygens (including phenoxy) is 1. The second kappa shape index (κ2) is 6.75. The minimum atomic E-state index is -0.0283. The summed E-state index contributed by atoms with van der Waals surface area (Å²) in [6.45, 7) is 5.23. The van der Waals surface area contributed by atoms with Crippen LogP contribution in [0.15, 0.2) is 0 Å². The van der Waals surface area contributed by atoms with Gasteiger partial charge in [-0.25, -0.2) is 0 Å². The monoisotopic (exact) mass is 295 g/mol. The van der Waals surface area contributed by atoms with Crippen LogP contribution < -0.4 is 5.32 Å². The topological polar surface area (TPSA) is 61.9 Å². The molecule has 3 aliphatic rings. The van der Waals surface area contributed by atoms with Crippen molar-refractivity contribution in [2.45, 2.75) is 31.8 Å². The molecule has 1 atom stereocenters. The van der Waals surface area contributed by atoms with Gasteiger partial charge in [-0.3, -0.25) is 14.5 Å². The highest BCUT2D eigenvalue weighted by Crippen LogP contribution is 2.28. The summed E-state index contributed by atoms with van der Waals surface area (Å²) in [6.07, 6.45) is 4.47. The fraction of sp³-hybridized carbons (Fsp3) is 0.867. The van der Waals surface area contributed by atoms with Crippen molar-refractivity contribution in [3.05, 3.63) is 0 Å². The maximum Gasteiger partial charge on any atom is 0.246 e. The summed E-state index contributed by atoms with van der Waals surface area (Å²) < 4.78 is 5.54. The third kappa shape index (κ3) is 3.74. The van der Waals surface area contributed by atoms with E-state index in [2.05, 4.69) is 10.2 Å². The normalized spacial score (nSPS) is 28.7. The van der Waals surface area contributed by atoms with Crippen LogP contribution in [0.25, 0.3) is 0 Å². The van der Waals surface area contributed by atoms with Crippen LogP contribution in [-0.4, -0.2) is 73.6 Å². The van der Waals surface area contributed by atoms with Crippen LogP contribution in [0.2, 0.25) is 0 Å². The van der Waals surface area contributed by atoms with Crippen LogP contribution in [0, 0.1) is 5.92 Å². The third-order valence-corrected chi connectivity index (χ3v) is 4.79. The van der Waals surface area contributed by atoms with Crippen molar-refractivity contribution in [3.63, 3.8) is 0 Å². The lowest BCUT2D eigenvalue weighted by atomic mass is 9.84. The van der Waals surface area contributed by atoms with E-state index in [-0.39, 0.29) is 18.6 Å². The highest BCUT2D eigenvalue weighted by molar-refractivity contribution is 5.79. The zero-order valence-corrected chi connectivity index (χ0v) is 12.6. The number of rotatable bonds is 3. The lowest BCUT2D eigenvalue weighted by Gasteiger charge is -2.31. The number of hydrogen-bond donors (Lipinski definition) is 1. The predicted octanol–water partition coefficient (Wildman–Crippen LogP) is -0.164. The molecule has 21 heavy (non-hydrogen) atoms. The van der Waals surface area contributed by atoms with Crippen molar-refractivity contribution < 1.29 is 14.3 Å². The van der Waals surface area contributed by atoms with Crippen LogP contribution in [0.1, 0.15) is 25.7 Å². The summed E-state index contributed by atoms with van der Waals surface area (Å²) >= 11 is 0. The van der Waals surface area contributed by atoms with Gasteiger partial charge in [-0.1, -0.05) is 6.42 Å². The van der Waals surface area contributed by atoms with Crippen molar-refractivity contribution in [3.8, 4) is 0 Å². The van der Waals surface area contributed by atoms with Gasteiger partial charge in [0.05, 0.1) is 6.10 Å². The Bertz CT molecular complexity index is 388. The molecule has 6 heteroatoms. The molecular weight excluding hydrogens is 270 g/mol. The first-order valence-corrected chi connectivity index (χ1v) is 8.12. The molecule has 6 nitrogen and oxygen atoms in total. The summed E-state index contributed by atoms with van der Waals surface area (Å²) in [5.74, 6) is 0.636. The maximum absolute atomic E-state index is 12.3. The highest BCUT2D eigenvalue weighted by Gasteiger charge is 2.30. The number of nitrogens with zero attached hydrogens (tertiary/aromatic N) is 2. The van der Waals surface area contributed by atoms with Crippen LogP contribution in [0.4, 0.5) is 0 Å². The summed E-state index contributed by atoms with van der Waals surface area (Å²) in [5.41, 5.74) is 0. The fourth-order valence-electron chi connectivity index (χ4n) is 3.22. The molecule has 3 rings (SSSR count). The van der Waals surface area contributed by atoms with E-state index in [1.54, 1.807) is 0 Å². The highest BCUT2D eigenvalue weighted by atomic mass is 16.5. The summed E-state index contributed by atoms with van der Waals surface area (Å²) in [5, 5.41) is 2.84. The predicted molar refractivity (Wildman–Crippen MR) is 77.7 cm³/mol. The van der Waals surface area contributed by atoms with Gasteiger partial charge in [0.2, 0.25) is 11.8 Å². The van der Waals surface area contributed by atoms with Crippen LogP contribution >= 0.6 is 0 Å². The van der Waals surface area contributed by atoms with Gasteiger partial charge in [0.25, 0.3) is 0 Å². The molecule has 1 N–H and O–H groups in total. The zero-order chi connectivity index (χ0) is 14.7. The molecule has 118 valence electrons. The molecule has 0 spiro atoms. The van der Waals surface area contributed by atoms with Crippen molar-refractivity contribution >= 4 is 11.8 Å². The number of hydrogen-bond acceptors (Lipinski definition) is 4. The number of nitrogens with one attached hydrogen (secondary N) is 1. The molecule has 2 saturated heterocycles. The van der Waals surface area contributed by atoms with Crippen LogP contribution in [-0.2, 0) is 14.3 Å². The molecule has 2 amide bonds. The van der Waals surface area contributed by atoms with Gasteiger partial charge >= 0.3 is 0 Å². The van der Waals surface area contributed by atoms with E-state index in [0.717, 1.165) is 52.0 Å². The Kier molecular flexibility index (Phi) is 4.75. The van der Waals surface area contributed by atoms with Crippen molar-refractivity contribution in [1.82, 2.24) is 15.1 Å². The van der Waals surface area contributed by atoms with Gasteiger partial charge in [-0.15, -0.1) is 0 Å². The Hall–Kier alpha value is -1.14. The first-order chi connectivity index (χ1) is 10.2. The largest absolute Gasteiger partial charge is 0.365 e. The second-order valence-electron chi connectivity index (χ2n) is 6.34. The van der Waals surface area contributed by atoms with E-state index >= 15 is 0 Å². The van der Waals surface area contributed by atoms with Crippen LogP contribution in [0.3, 0.4) is 0 Å². The van der Waals surface area contributed by atoms with Gasteiger partial charge in [-0.2, -0.15) is 0 Å². The molecule has 1 aliphatic carbocycles. The van der Waals surface area contributed by atoms with Gasteiger partial charge in [0.1, 0.15) is 6.61 Å². The number of carbonyl (C=O) groups is 2. The van der Waals surface area contributed by atoms with Crippen molar-refractivity contribution in [1.29, 1.82) is 0 Å². The minimum Gasteiger partial charge on any atom is -0.365 e. The van der Waals surface area contributed by atoms with Gasteiger partial charge in [-0.05, 0) is 25.8 Å². The Morgan fingerprint density at radius 1 is 1.19 bits per heavy atom. The quantitative estimate of drug-likeness (QED) is 0.786. The molecule has 0 aromatic rings. The molecular formula is C15H25N3O3. The van der Waals surface area contributed by atoms with E-state index in [4.69, 9.17) is 4.74 Å². The molecule has 3 fully saturated rings. The third-order valence-electron chi connectivity index (χ3n) is 4.79. The van der Waals surface area contributed by atoms with E-state index in [1.165, 1.54) is 6.42 Å². The standard InChI is InChI=1S/C15H25N3O3/c19-14-11-21-13(9-16-14)10-17-5-2-6-18(8-7-17)15(20)12-3-1-4-12/h12-13H,1-11H2,(H,16,19). The summed E-state index contributed by atoms with van der Waals surface area (Å²) in [6, 6.07) is 0. The Morgan fingerprint density at radius 2 is 2.05 bits per heavy atom. The van der Waals surface area contributed by atoms with Gasteiger partial charge in [0.15, 0.2) is 0 Å². The first kappa shape index (κ1) is 14.8. The molecule has 0 aromatic heterocycles.